The molecule has 3 aromatic carbocycles. The van der Waals surface area contributed by atoms with E-state index in [0.29, 0.717) is 47.6 Å². The molecule has 0 radical (unpaired) electrons. The third-order valence-electron chi connectivity index (χ3n) is 5.24. The molecule has 0 heterocycles. The number of rotatable bonds is 10. The molecule has 0 saturated heterocycles. The highest BCUT2D eigenvalue weighted by atomic mass is 79.9. The van der Waals surface area contributed by atoms with E-state index in [1.165, 1.54) is 19.3 Å². The third-order valence-corrected chi connectivity index (χ3v) is 5.77. The van der Waals surface area contributed by atoms with Gasteiger partial charge in [-0.2, -0.15) is 0 Å². The summed E-state index contributed by atoms with van der Waals surface area (Å²) < 4.78 is 11.7. The van der Waals surface area contributed by atoms with E-state index in [1.54, 1.807) is 54.6 Å². The average molecular weight is 554 g/mol. The molecule has 1 atom stereocenters. The standard InChI is InChI=1S/C27H28BrN3O5/c1-35-25-16-11-18(17-23(25)32)24(36-27(34)30-20-14-12-19(28)13-15-20)9-3-2-4-10-26(33)31-22-8-6-5-7-21(22)29/h4-8,10-17,24,32H,2-3,9,29H2,1H3,(H,30,34)(H,31,33)/b10-4+/t24-/m1/s1. The van der Waals surface area contributed by atoms with Crippen molar-refractivity contribution in [1.29, 1.82) is 0 Å². The Morgan fingerprint density at radius 1 is 1.08 bits per heavy atom. The Bertz CT molecular complexity index is 1210. The van der Waals surface area contributed by atoms with Crippen LogP contribution in [0.3, 0.4) is 0 Å². The molecule has 2 amide bonds. The van der Waals surface area contributed by atoms with E-state index in [2.05, 4.69) is 26.6 Å². The smallest absolute Gasteiger partial charge is 0.412 e. The molecule has 0 fully saturated rings. The molecule has 0 spiro atoms. The number of hydrogen-bond acceptors (Lipinski definition) is 6. The molecule has 0 aliphatic heterocycles. The Balaban J connectivity index is 1.60. The number of unbranched alkanes of at least 4 members (excludes halogenated alkanes) is 1. The summed E-state index contributed by atoms with van der Waals surface area (Å²) in [6, 6.07) is 19.0. The molecule has 0 saturated carbocycles. The first-order valence-corrected chi connectivity index (χ1v) is 12.1. The van der Waals surface area contributed by atoms with E-state index in [1.807, 2.05) is 12.1 Å². The highest BCUT2D eigenvalue weighted by molar-refractivity contribution is 9.10. The summed E-state index contributed by atoms with van der Waals surface area (Å²) in [5.41, 5.74) is 8.10. The van der Waals surface area contributed by atoms with Crippen molar-refractivity contribution in [2.45, 2.75) is 25.4 Å². The Morgan fingerprint density at radius 2 is 1.83 bits per heavy atom. The van der Waals surface area contributed by atoms with E-state index in [9.17, 15) is 14.7 Å². The van der Waals surface area contributed by atoms with Crippen molar-refractivity contribution >= 4 is 45.0 Å². The monoisotopic (exact) mass is 553 g/mol. The van der Waals surface area contributed by atoms with Crippen molar-refractivity contribution in [3.05, 3.63) is 88.9 Å². The fourth-order valence-electron chi connectivity index (χ4n) is 3.41. The van der Waals surface area contributed by atoms with Gasteiger partial charge in [0.25, 0.3) is 0 Å². The maximum absolute atomic E-state index is 12.6. The molecule has 0 unspecified atom stereocenters. The number of amides is 2. The van der Waals surface area contributed by atoms with Gasteiger partial charge in [0.05, 0.1) is 18.5 Å². The normalized spacial score (nSPS) is 11.6. The van der Waals surface area contributed by atoms with Crippen LogP contribution in [0.15, 0.2) is 83.4 Å². The number of carbonyl (C=O) groups is 2. The zero-order valence-corrected chi connectivity index (χ0v) is 21.3. The number of phenols is 1. The minimum Gasteiger partial charge on any atom is -0.504 e. The predicted octanol–water partition coefficient (Wildman–Crippen LogP) is 6.40. The second kappa shape index (κ2) is 13.2. The number of nitrogen functional groups attached to an aromatic ring is 1. The Hall–Kier alpha value is -3.98. The number of aromatic hydroxyl groups is 1. The zero-order valence-electron chi connectivity index (χ0n) is 19.7. The number of methoxy groups -OCH3 is 1. The first-order chi connectivity index (χ1) is 17.4. The number of nitrogens with two attached hydrogens (primary N) is 1. The minimum absolute atomic E-state index is 0.0475. The molecule has 3 rings (SSSR count). The van der Waals surface area contributed by atoms with E-state index >= 15 is 0 Å². The SMILES string of the molecule is COc1ccc([C@@H](CCC/C=C/C(=O)Nc2ccccc2N)OC(=O)Nc2ccc(Br)cc2)cc1O. The lowest BCUT2D eigenvalue weighted by Gasteiger charge is -2.19. The summed E-state index contributed by atoms with van der Waals surface area (Å²) in [6.07, 6.45) is 3.63. The second-order valence-corrected chi connectivity index (χ2v) is 8.78. The number of para-hydroxylation sites is 2. The molecular formula is C27H28BrN3O5. The van der Waals surface area contributed by atoms with Crippen LogP contribution in [0.4, 0.5) is 21.9 Å². The van der Waals surface area contributed by atoms with Crippen LogP contribution in [0, 0.1) is 0 Å². The number of halogens is 1. The molecule has 188 valence electrons. The lowest BCUT2D eigenvalue weighted by atomic mass is 10.0. The van der Waals surface area contributed by atoms with Crippen molar-refractivity contribution in [3.63, 3.8) is 0 Å². The number of phenolic OH excluding ortho intramolecular Hbond substituents is 1. The van der Waals surface area contributed by atoms with Crippen LogP contribution >= 0.6 is 15.9 Å². The summed E-state index contributed by atoms with van der Waals surface area (Å²) in [7, 11) is 1.46. The minimum atomic E-state index is -0.622. The predicted molar refractivity (Wildman–Crippen MR) is 144 cm³/mol. The van der Waals surface area contributed by atoms with Crippen molar-refractivity contribution in [2.24, 2.45) is 0 Å². The van der Waals surface area contributed by atoms with Crippen molar-refractivity contribution in [1.82, 2.24) is 0 Å². The molecule has 0 aliphatic carbocycles. The summed E-state index contributed by atoms with van der Waals surface area (Å²) in [6.45, 7) is 0. The van der Waals surface area contributed by atoms with Crippen LogP contribution < -0.4 is 21.1 Å². The van der Waals surface area contributed by atoms with E-state index < -0.39 is 12.2 Å². The quantitative estimate of drug-likeness (QED) is 0.131. The molecule has 3 aromatic rings. The number of allylic oxidation sites excluding steroid dienone is 1. The van der Waals surface area contributed by atoms with Gasteiger partial charge in [0.15, 0.2) is 11.5 Å². The van der Waals surface area contributed by atoms with Gasteiger partial charge in [0.2, 0.25) is 5.91 Å². The lowest BCUT2D eigenvalue weighted by Crippen LogP contribution is -2.17. The molecule has 9 heteroatoms. The summed E-state index contributed by atoms with van der Waals surface area (Å²) in [5.74, 6) is -0.00636. The summed E-state index contributed by atoms with van der Waals surface area (Å²) >= 11 is 3.36. The van der Waals surface area contributed by atoms with Gasteiger partial charge in [-0.25, -0.2) is 4.79 Å². The molecular weight excluding hydrogens is 526 g/mol. The highest BCUT2D eigenvalue weighted by Crippen LogP contribution is 2.32. The number of benzene rings is 3. The highest BCUT2D eigenvalue weighted by Gasteiger charge is 2.18. The summed E-state index contributed by atoms with van der Waals surface area (Å²) in [5, 5.41) is 15.6. The van der Waals surface area contributed by atoms with Gasteiger partial charge >= 0.3 is 6.09 Å². The van der Waals surface area contributed by atoms with Crippen molar-refractivity contribution in [2.75, 3.05) is 23.5 Å². The van der Waals surface area contributed by atoms with Gasteiger partial charge in [-0.1, -0.05) is 40.2 Å². The molecule has 0 aliphatic rings. The molecule has 8 nitrogen and oxygen atoms in total. The summed E-state index contributed by atoms with van der Waals surface area (Å²) in [4.78, 5) is 24.7. The Morgan fingerprint density at radius 3 is 2.53 bits per heavy atom. The molecule has 36 heavy (non-hydrogen) atoms. The second-order valence-electron chi connectivity index (χ2n) is 7.87. The number of ether oxygens (including phenoxy) is 2. The third kappa shape index (κ3) is 8.06. The van der Waals surface area contributed by atoms with Gasteiger partial charge in [-0.3, -0.25) is 10.1 Å². The van der Waals surface area contributed by atoms with Crippen LogP contribution in [0.5, 0.6) is 11.5 Å². The van der Waals surface area contributed by atoms with E-state index in [0.717, 1.165) is 4.47 Å². The van der Waals surface area contributed by atoms with Crippen molar-refractivity contribution in [3.8, 4) is 11.5 Å². The number of hydrogen-bond donors (Lipinski definition) is 4. The van der Waals surface area contributed by atoms with E-state index in [4.69, 9.17) is 15.2 Å². The zero-order chi connectivity index (χ0) is 25.9. The molecule has 5 N–H and O–H groups in total. The van der Waals surface area contributed by atoms with E-state index in [-0.39, 0.29) is 11.7 Å². The molecule has 0 aromatic heterocycles. The number of anilines is 3. The average Bonchev–Trinajstić information content (AvgIpc) is 2.86. The molecule has 0 bridgehead atoms. The maximum atomic E-state index is 12.6. The van der Waals surface area contributed by atoms with Crippen LogP contribution in [0.1, 0.15) is 30.9 Å². The van der Waals surface area contributed by atoms with Crippen LogP contribution in [0.25, 0.3) is 0 Å². The van der Waals surface area contributed by atoms with Crippen molar-refractivity contribution < 1.29 is 24.2 Å². The largest absolute Gasteiger partial charge is 0.504 e. The van der Waals surface area contributed by atoms with Gasteiger partial charge in [-0.15, -0.1) is 0 Å². The number of carbonyl (C=O) groups excluding carboxylic acids is 2. The maximum Gasteiger partial charge on any atom is 0.412 e. The Labute approximate surface area is 218 Å². The Kier molecular flexibility index (Phi) is 9.76. The van der Waals surface area contributed by atoms with Gasteiger partial charge in [0, 0.05) is 10.2 Å². The fraction of sp³-hybridized carbons (Fsp3) is 0.185. The first-order valence-electron chi connectivity index (χ1n) is 11.3. The van der Waals surface area contributed by atoms with Gasteiger partial charge in [-0.05, 0) is 79.4 Å². The first kappa shape index (κ1) is 26.6. The lowest BCUT2D eigenvalue weighted by molar-refractivity contribution is -0.111. The van der Waals surface area contributed by atoms with Gasteiger partial charge in [0.1, 0.15) is 6.10 Å². The fourth-order valence-corrected chi connectivity index (χ4v) is 3.67. The van der Waals surface area contributed by atoms with Crippen LogP contribution in [-0.4, -0.2) is 24.2 Å². The van der Waals surface area contributed by atoms with Crippen LogP contribution in [0.2, 0.25) is 0 Å². The number of nitrogens with one attached hydrogen (secondary N) is 2. The van der Waals surface area contributed by atoms with Crippen LogP contribution in [-0.2, 0) is 9.53 Å². The van der Waals surface area contributed by atoms with Gasteiger partial charge < -0.3 is 25.6 Å². The topological polar surface area (TPSA) is 123 Å².